The van der Waals surface area contributed by atoms with E-state index in [2.05, 4.69) is 30.1 Å². The van der Waals surface area contributed by atoms with E-state index in [1.54, 1.807) is 11.8 Å². The normalized spacial score (nSPS) is 10.9. The number of nitrogens with zero attached hydrogens (tertiary/aromatic N) is 3. The molecule has 25 heavy (non-hydrogen) atoms. The van der Waals surface area contributed by atoms with Gasteiger partial charge in [0.05, 0.1) is 0 Å². The van der Waals surface area contributed by atoms with Gasteiger partial charge in [-0.05, 0) is 42.7 Å². The van der Waals surface area contributed by atoms with Gasteiger partial charge in [-0.2, -0.15) is 0 Å². The Hall–Kier alpha value is -1.98. The Kier molecular flexibility index (Phi) is 5.66. The van der Waals surface area contributed by atoms with Gasteiger partial charge in [0.1, 0.15) is 12.4 Å². The van der Waals surface area contributed by atoms with E-state index in [0.29, 0.717) is 6.61 Å². The summed E-state index contributed by atoms with van der Waals surface area (Å²) in [5.41, 5.74) is 3.45. The van der Waals surface area contributed by atoms with E-state index in [1.165, 1.54) is 5.56 Å². The van der Waals surface area contributed by atoms with Gasteiger partial charge in [0.15, 0.2) is 11.0 Å². The first kappa shape index (κ1) is 17.8. The molecule has 0 fully saturated rings. The van der Waals surface area contributed by atoms with Crippen LogP contribution in [0.1, 0.15) is 22.5 Å². The Balaban J connectivity index is 1.65. The van der Waals surface area contributed by atoms with Crippen LogP contribution in [0.4, 0.5) is 0 Å². The predicted molar refractivity (Wildman–Crippen MR) is 102 cm³/mol. The number of aryl methyl sites for hydroxylation is 1. The Labute approximate surface area is 157 Å². The fourth-order valence-electron chi connectivity index (χ4n) is 2.38. The quantitative estimate of drug-likeness (QED) is 0.573. The number of hydrogen-bond donors (Lipinski definition) is 0. The molecule has 4 nitrogen and oxygen atoms in total. The van der Waals surface area contributed by atoms with Crippen molar-refractivity contribution in [1.82, 2.24) is 14.8 Å². The third-order valence-corrected chi connectivity index (χ3v) is 5.59. The maximum atomic E-state index is 6.20. The van der Waals surface area contributed by atoms with Crippen LogP contribution in [0.5, 0.6) is 5.75 Å². The van der Waals surface area contributed by atoms with Gasteiger partial charge in [-0.1, -0.05) is 53.7 Å². The molecule has 3 rings (SSSR count). The monoisotopic (exact) mass is 373 g/mol. The molecular formula is C19H20ClN3OS. The summed E-state index contributed by atoms with van der Waals surface area (Å²) in [6.45, 7) is 4.53. The van der Waals surface area contributed by atoms with Crippen LogP contribution in [-0.2, 0) is 19.4 Å². The van der Waals surface area contributed by atoms with Gasteiger partial charge in [-0.3, -0.25) is 0 Å². The second-order valence-corrected chi connectivity index (χ2v) is 7.17. The summed E-state index contributed by atoms with van der Waals surface area (Å²) in [4.78, 5) is 0. The molecule has 0 atom stereocenters. The highest BCUT2D eigenvalue weighted by atomic mass is 35.5. The summed E-state index contributed by atoms with van der Waals surface area (Å²) < 4.78 is 7.89. The molecule has 0 aliphatic carbocycles. The number of thioether (sulfide) groups is 1. The van der Waals surface area contributed by atoms with E-state index in [-0.39, 0.29) is 0 Å². The summed E-state index contributed by atoms with van der Waals surface area (Å²) in [6, 6.07) is 13.9. The highest BCUT2D eigenvalue weighted by Crippen LogP contribution is 2.26. The third-order valence-electron chi connectivity index (χ3n) is 4.15. The van der Waals surface area contributed by atoms with Gasteiger partial charge in [-0.25, -0.2) is 0 Å². The van der Waals surface area contributed by atoms with Crippen molar-refractivity contribution in [3.63, 3.8) is 0 Å². The summed E-state index contributed by atoms with van der Waals surface area (Å²) in [6.07, 6.45) is 0. The van der Waals surface area contributed by atoms with Crippen LogP contribution in [-0.4, -0.2) is 14.8 Å². The minimum absolute atomic E-state index is 0.389. The molecule has 0 bridgehead atoms. The van der Waals surface area contributed by atoms with E-state index in [4.69, 9.17) is 16.3 Å². The molecule has 0 amide bonds. The molecule has 6 heteroatoms. The van der Waals surface area contributed by atoms with Crippen LogP contribution >= 0.6 is 23.4 Å². The van der Waals surface area contributed by atoms with Gasteiger partial charge in [0.25, 0.3) is 0 Å². The first-order chi connectivity index (χ1) is 12.1. The molecule has 0 aliphatic rings. The summed E-state index contributed by atoms with van der Waals surface area (Å²) >= 11 is 7.82. The zero-order valence-corrected chi connectivity index (χ0v) is 16.1. The van der Waals surface area contributed by atoms with Gasteiger partial charge in [0.2, 0.25) is 0 Å². The molecule has 1 heterocycles. The van der Waals surface area contributed by atoms with Gasteiger partial charge < -0.3 is 9.30 Å². The van der Waals surface area contributed by atoms with Crippen molar-refractivity contribution in [1.29, 1.82) is 0 Å². The molecule has 3 aromatic rings. The zero-order valence-electron chi connectivity index (χ0n) is 14.5. The maximum Gasteiger partial charge on any atom is 0.191 e. The summed E-state index contributed by atoms with van der Waals surface area (Å²) in [7, 11) is 1.96. The average Bonchev–Trinajstić information content (AvgIpc) is 2.96. The number of rotatable bonds is 6. The lowest BCUT2D eigenvalue weighted by Gasteiger charge is -2.10. The Morgan fingerprint density at radius 2 is 1.88 bits per heavy atom. The fourth-order valence-corrected chi connectivity index (χ4v) is 3.59. The Morgan fingerprint density at radius 1 is 1.08 bits per heavy atom. The number of aromatic nitrogens is 3. The zero-order chi connectivity index (χ0) is 17.8. The summed E-state index contributed by atoms with van der Waals surface area (Å²) in [5, 5.41) is 10.1. The maximum absolute atomic E-state index is 6.20. The van der Waals surface area contributed by atoms with E-state index in [9.17, 15) is 0 Å². The molecule has 0 saturated heterocycles. The molecule has 1 aromatic heterocycles. The SMILES string of the molecule is Cc1cccc(OCc2nnc(SCc3ccccc3Cl)n2C)c1C. The Bertz CT molecular complexity index is 879. The second kappa shape index (κ2) is 7.93. The molecule has 0 spiro atoms. The van der Waals surface area contributed by atoms with Gasteiger partial charge >= 0.3 is 0 Å². The molecule has 0 saturated carbocycles. The van der Waals surface area contributed by atoms with Crippen LogP contribution in [0.3, 0.4) is 0 Å². The first-order valence-electron chi connectivity index (χ1n) is 7.99. The second-order valence-electron chi connectivity index (χ2n) is 5.82. The van der Waals surface area contributed by atoms with Crippen LogP contribution in [0.25, 0.3) is 0 Å². The van der Waals surface area contributed by atoms with Crippen LogP contribution in [0.2, 0.25) is 5.02 Å². The van der Waals surface area contributed by atoms with Crippen molar-refractivity contribution in [3.8, 4) is 5.75 Å². The highest BCUT2D eigenvalue weighted by molar-refractivity contribution is 7.98. The number of halogens is 1. The number of hydrogen-bond acceptors (Lipinski definition) is 4. The van der Waals surface area contributed by atoms with Crippen LogP contribution in [0.15, 0.2) is 47.6 Å². The molecule has 2 aromatic carbocycles. The minimum Gasteiger partial charge on any atom is -0.485 e. The minimum atomic E-state index is 0.389. The molecule has 0 N–H and O–H groups in total. The van der Waals surface area contributed by atoms with Gasteiger partial charge in [-0.15, -0.1) is 10.2 Å². The number of ether oxygens (including phenoxy) is 1. The molecular weight excluding hydrogens is 354 g/mol. The van der Waals surface area contributed by atoms with Crippen LogP contribution in [0, 0.1) is 13.8 Å². The van der Waals surface area contributed by atoms with Crippen molar-refractivity contribution in [2.45, 2.75) is 31.4 Å². The Morgan fingerprint density at radius 3 is 2.68 bits per heavy atom. The lowest BCUT2D eigenvalue weighted by Crippen LogP contribution is -2.05. The molecule has 0 radical (unpaired) electrons. The first-order valence-corrected chi connectivity index (χ1v) is 9.36. The summed E-state index contributed by atoms with van der Waals surface area (Å²) in [5.74, 6) is 2.43. The van der Waals surface area contributed by atoms with Crippen molar-refractivity contribution >= 4 is 23.4 Å². The highest BCUT2D eigenvalue weighted by Gasteiger charge is 2.12. The lowest BCUT2D eigenvalue weighted by atomic mass is 10.1. The van der Waals surface area contributed by atoms with Crippen molar-refractivity contribution in [2.24, 2.45) is 7.05 Å². The number of benzene rings is 2. The van der Waals surface area contributed by atoms with E-state index in [0.717, 1.165) is 38.6 Å². The van der Waals surface area contributed by atoms with Gasteiger partial charge in [0, 0.05) is 17.8 Å². The largest absolute Gasteiger partial charge is 0.485 e. The van der Waals surface area contributed by atoms with Crippen molar-refractivity contribution < 1.29 is 4.74 Å². The molecule has 0 unspecified atom stereocenters. The fraction of sp³-hybridized carbons (Fsp3) is 0.263. The van der Waals surface area contributed by atoms with Crippen molar-refractivity contribution in [2.75, 3.05) is 0 Å². The molecule has 130 valence electrons. The van der Waals surface area contributed by atoms with E-state index in [1.807, 2.05) is 48.0 Å². The lowest BCUT2D eigenvalue weighted by molar-refractivity contribution is 0.288. The van der Waals surface area contributed by atoms with Crippen molar-refractivity contribution in [3.05, 3.63) is 70.0 Å². The van der Waals surface area contributed by atoms with E-state index < -0.39 is 0 Å². The van der Waals surface area contributed by atoms with E-state index >= 15 is 0 Å². The topological polar surface area (TPSA) is 39.9 Å². The molecule has 0 aliphatic heterocycles. The standard InChI is InChI=1S/C19H20ClN3OS/c1-13-7-6-10-17(14(13)2)24-11-18-21-22-19(23(18)3)25-12-15-8-4-5-9-16(15)20/h4-10H,11-12H2,1-3H3. The third kappa shape index (κ3) is 4.17. The average molecular weight is 374 g/mol. The smallest absolute Gasteiger partial charge is 0.191 e. The predicted octanol–water partition coefficient (Wildman–Crippen LogP) is 4.96. The van der Waals surface area contributed by atoms with Crippen LogP contribution < -0.4 is 4.74 Å².